The van der Waals surface area contributed by atoms with Gasteiger partial charge in [0.25, 0.3) is 0 Å². The molecule has 1 atom stereocenters. The van der Waals surface area contributed by atoms with E-state index in [1.165, 1.54) is 20.3 Å². The molecule has 44 heavy (non-hydrogen) atoms. The molecule has 2 aromatic carbocycles. The van der Waals surface area contributed by atoms with Crippen molar-refractivity contribution in [1.82, 2.24) is 20.9 Å². The number of piperidine rings is 1. The minimum absolute atomic E-state index is 0.0124. The second-order valence-corrected chi connectivity index (χ2v) is 10.1. The summed E-state index contributed by atoms with van der Waals surface area (Å²) in [6, 6.07) is 7.13. The van der Waals surface area contributed by atoms with Gasteiger partial charge in [-0.2, -0.15) is 0 Å². The Morgan fingerprint density at radius 3 is 2.32 bits per heavy atom. The molecule has 0 saturated carbocycles. The van der Waals surface area contributed by atoms with Crippen molar-refractivity contribution in [3.05, 3.63) is 76.5 Å². The van der Waals surface area contributed by atoms with E-state index in [9.17, 15) is 28.0 Å². The lowest BCUT2D eigenvalue weighted by Crippen LogP contribution is -2.56. The Bertz CT molecular complexity index is 1430. The van der Waals surface area contributed by atoms with Gasteiger partial charge >= 0.3 is 24.0 Å². The van der Waals surface area contributed by atoms with E-state index in [1.54, 1.807) is 12.1 Å². The van der Waals surface area contributed by atoms with Gasteiger partial charge in [-0.1, -0.05) is 18.2 Å². The summed E-state index contributed by atoms with van der Waals surface area (Å²) in [6.45, 7) is 1.70. The number of hydrogen-bond acceptors (Lipinski definition) is 9. The van der Waals surface area contributed by atoms with Gasteiger partial charge in [-0.3, -0.25) is 0 Å². The van der Waals surface area contributed by atoms with E-state index in [0.29, 0.717) is 25.2 Å². The van der Waals surface area contributed by atoms with Crippen molar-refractivity contribution in [2.75, 3.05) is 59.0 Å². The molecule has 3 N–H and O–H groups in total. The maximum absolute atomic E-state index is 14.2. The number of anilines is 1. The van der Waals surface area contributed by atoms with Gasteiger partial charge in [-0.15, -0.1) is 0 Å². The number of imide groups is 1. The zero-order valence-electron chi connectivity index (χ0n) is 24.7. The lowest BCUT2D eigenvalue weighted by atomic mass is 9.93. The number of para-hydroxylation sites is 1. The third kappa shape index (κ3) is 7.14. The number of nitrogens with zero attached hydrogens (tertiary/aromatic N) is 2. The van der Waals surface area contributed by atoms with Crippen LogP contribution < -0.4 is 20.9 Å². The molecule has 4 amide bonds. The Balaban J connectivity index is 1.40. The zero-order chi connectivity index (χ0) is 31.8. The van der Waals surface area contributed by atoms with Crippen molar-refractivity contribution in [2.45, 2.75) is 24.9 Å². The normalized spacial score (nSPS) is 17.3. The minimum atomic E-state index is -1.42. The predicted molar refractivity (Wildman–Crippen MR) is 155 cm³/mol. The van der Waals surface area contributed by atoms with Crippen LogP contribution in [0.4, 0.5) is 24.1 Å². The van der Waals surface area contributed by atoms with Crippen LogP contribution in [0.2, 0.25) is 0 Å². The van der Waals surface area contributed by atoms with E-state index in [2.05, 4.69) is 20.9 Å². The molecule has 236 valence electrons. The summed E-state index contributed by atoms with van der Waals surface area (Å²) in [5, 5.41) is 8.52. The van der Waals surface area contributed by atoms with Crippen LogP contribution in [0.5, 0.6) is 0 Å². The zero-order valence-corrected chi connectivity index (χ0v) is 24.7. The van der Waals surface area contributed by atoms with Gasteiger partial charge < -0.3 is 35.1 Å². The van der Waals surface area contributed by atoms with Gasteiger partial charge in [0.2, 0.25) is 0 Å². The highest BCUT2D eigenvalue weighted by Gasteiger charge is 2.43. The Kier molecular flexibility index (Phi) is 10.8. The molecule has 4 rings (SSSR count). The van der Waals surface area contributed by atoms with Gasteiger partial charge in [0.05, 0.1) is 43.3 Å². The Hall–Kier alpha value is -4.56. The lowest BCUT2D eigenvalue weighted by Gasteiger charge is -2.37. The summed E-state index contributed by atoms with van der Waals surface area (Å²) in [5.41, 5.74) is 1.18. The summed E-state index contributed by atoms with van der Waals surface area (Å²) >= 11 is 0. The molecule has 0 radical (unpaired) electrons. The Morgan fingerprint density at radius 2 is 1.66 bits per heavy atom. The van der Waals surface area contributed by atoms with Gasteiger partial charge in [0.1, 0.15) is 6.04 Å². The van der Waals surface area contributed by atoms with Crippen LogP contribution in [0.25, 0.3) is 0 Å². The molecule has 2 aliphatic rings. The topological polar surface area (TPSA) is 139 Å². The molecular weight excluding hydrogens is 580 g/mol. The number of carbonyl (C=O) groups excluding carboxylic acids is 4. The standard InChI is InChI=1S/C30H35F2N5O7/c1-42-17-23-25(28(39)44-3)26(18-8-9-21(31)22(32)16-18)37(30(41)35-23)29(40)34-13-12-33-19-10-14-36(15-11-19)24-7-5-4-6-20(24)27(38)43-2/h4-9,16,19,26,33H,10-15,17H2,1-3H3,(H,34,40)(H,35,41)/t26-/m0/s1. The van der Waals surface area contributed by atoms with Crippen LogP contribution in [0, 0.1) is 11.6 Å². The van der Waals surface area contributed by atoms with Crippen LogP contribution in [0.15, 0.2) is 53.7 Å². The molecule has 2 aliphatic heterocycles. The molecular formula is C30H35F2N5O7. The first-order valence-electron chi connectivity index (χ1n) is 14.0. The number of halogens is 2. The molecule has 0 aliphatic carbocycles. The van der Waals surface area contributed by atoms with Crippen molar-refractivity contribution < 1.29 is 42.2 Å². The third-order valence-corrected chi connectivity index (χ3v) is 7.48. The molecule has 2 heterocycles. The first kappa shape index (κ1) is 32.4. The average Bonchev–Trinajstić information content (AvgIpc) is 3.03. The first-order valence-corrected chi connectivity index (χ1v) is 14.0. The Labute approximate surface area is 253 Å². The molecule has 1 fully saturated rings. The maximum Gasteiger partial charge on any atom is 0.339 e. The number of benzene rings is 2. The maximum atomic E-state index is 14.2. The molecule has 0 spiro atoms. The monoisotopic (exact) mass is 615 g/mol. The fourth-order valence-electron chi connectivity index (χ4n) is 5.37. The number of carbonyl (C=O) groups is 4. The van der Waals surface area contributed by atoms with E-state index < -0.39 is 41.7 Å². The van der Waals surface area contributed by atoms with Crippen molar-refractivity contribution >= 4 is 29.7 Å². The van der Waals surface area contributed by atoms with Crippen molar-refractivity contribution in [3.8, 4) is 0 Å². The largest absolute Gasteiger partial charge is 0.466 e. The summed E-state index contributed by atoms with van der Waals surface area (Å²) in [4.78, 5) is 54.3. The quantitative estimate of drug-likeness (QED) is 0.272. The fourth-order valence-corrected chi connectivity index (χ4v) is 5.37. The molecule has 14 heteroatoms. The van der Waals surface area contributed by atoms with Gasteiger partial charge in [0.15, 0.2) is 11.6 Å². The van der Waals surface area contributed by atoms with Crippen LogP contribution in [-0.4, -0.2) is 89.1 Å². The number of methoxy groups -OCH3 is 3. The summed E-state index contributed by atoms with van der Waals surface area (Å²) in [5.74, 6) is -3.62. The second kappa shape index (κ2) is 14.8. The van der Waals surface area contributed by atoms with Crippen molar-refractivity contribution in [1.29, 1.82) is 0 Å². The molecule has 1 saturated heterocycles. The highest BCUT2D eigenvalue weighted by atomic mass is 19.2. The first-order chi connectivity index (χ1) is 21.2. The number of urea groups is 2. The smallest absolute Gasteiger partial charge is 0.339 e. The molecule has 12 nitrogen and oxygen atoms in total. The number of amides is 4. The number of nitrogens with one attached hydrogen (secondary N) is 3. The minimum Gasteiger partial charge on any atom is -0.466 e. The van der Waals surface area contributed by atoms with Crippen LogP contribution in [0.3, 0.4) is 0 Å². The van der Waals surface area contributed by atoms with E-state index in [4.69, 9.17) is 14.2 Å². The van der Waals surface area contributed by atoms with E-state index in [-0.39, 0.29) is 36.0 Å². The number of rotatable bonds is 10. The van der Waals surface area contributed by atoms with Crippen LogP contribution in [-0.2, 0) is 19.0 Å². The van der Waals surface area contributed by atoms with Crippen LogP contribution >= 0.6 is 0 Å². The molecule has 0 unspecified atom stereocenters. The number of ether oxygens (including phenoxy) is 3. The summed E-state index contributed by atoms with van der Waals surface area (Å²) < 4.78 is 42.9. The Morgan fingerprint density at radius 1 is 0.955 bits per heavy atom. The second-order valence-electron chi connectivity index (χ2n) is 10.1. The van der Waals surface area contributed by atoms with Gasteiger partial charge in [0, 0.05) is 39.3 Å². The van der Waals surface area contributed by atoms with E-state index in [0.717, 1.165) is 42.7 Å². The average molecular weight is 616 g/mol. The SMILES string of the molecule is COCC1=C(C(=O)OC)[C@H](c2ccc(F)c(F)c2)N(C(=O)NCCNC2CCN(c3ccccc3C(=O)OC)CC2)C(=O)N1. The molecule has 0 aromatic heterocycles. The van der Waals surface area contributed by atoms with E-state index >= 15 is 0 Å². The van der Waals surface area contributed by atoms with Gasteiger partial charge in [-0.05, 0) is 42.7 Å². The van der Waals surface area contributed by atoms with Crippen LogP contribution in [0.1, 0.15) is 34.8 Å². The van der Waals surface area contributed by atoms with Crippen molar-refractivity contribution in [3.63, 3.8) is 0 Å². The highest BCUT2D eigenvalue weighted by Crippen LogP contribution is 2.35. The number of hydrogen-bond donors (Lipinski definition) is 3. The third-order valence-electron chi connectivity index (χ3n) is 7.48. The highest BCUT2D eigenvalue weighted by molar-refractivity contribution is 6.01. The van der Waals surface area contributed by atoms with Crippen molar-refractivity contribution in [2.24, 2.45) is 0 Å². The molecule has 0 bridgehead atoms. The summed E-state index contributed by atoms with van der Waals surface area (Å²) in [7, 11) is 3.82. The van der Waals surface area contributed by atoms with E-state index in [1.807, 2.05) is 12.1 Å². The molecule has 2 aromatic rings. The number of esters is 2. The summed E-state index contributed by atoms with van der Waals surface area (Å²) in [6.07, 6.45) is 1.57. The lowest BCUT2D eigenvalue weighted by molar-refractivity contribution is -0.137. The fraction of sp³-hybridized carbons (Fsp3) is 0.400. The van der Waals surface area contributed by atoms with Gasteiger partial charge in [-0.25, -0.2) is 32.9 Å². The predicted octanol–water partition coefficient (Wildman–Crippen LogP) is 2.86.